The Kier molecular flexibility index (Phi) is 5.06. The highest BCUT2D eigenvalue weighted by Crippen LogP contribution is 2.17. The van der Waals surface area contributed by atoms with Crippen LogP contribution in [-0.2, 0) is 16.0 Å². The first kappa shape index (κ1) is 14.7. The maximum Gasteiger partial charge on any atom is 0.336 e. The van der Waals surface area contributed by atoms with E-state index < -0.39 is 11.9 Å². The molecule has 0 aliphatic heterocycles. The van der Waals surface area contributed by atoms with Crippen LogP contribution in [0.2, 0.25) is 0 Å². The van der Waals surface area contributed by atoms with Gasteiger partial charge in [-0.3, -0.25) is 0 Å². The van der Waals surface area contributed by atoms with Crippen LogP contribution in [0.15, 0.2) is 36.9 Å². The molecular weight excluding hydrogens is 244 g/mol. The van der Waals surface area contributed by atoms with E-state index in [1.54, 1.807) is 19.1 Å². The van der Waals surface area contributed by atoms with Gasteiger partial charge in [-0.15, -0.1) is 0 Å². The molecule has 0 aliphatic carbocycles. The zero-order chi connectivity index (χ0) is 14.4. The van der Waals surface area contributed by atoms with E-state index in [-0.39, 0.29) is 12.2 Å². The molecule has 0 atom stereocenters. The zero-order valence-corrected chi connectivity index (χ0v) is 10.8. The molecule has 1 N–H and O–H groups in total. The van der Waals surface area contributed by atoms with Crippen LogP contribution in [-0.4, -0.2) is 23.7 Å². The number of hydrogen-bond donors (Lipinski definition) is 1. The van der Waals surface area contributed by atoms with Gasteiger partial charge in [0.25, 0.3) is 0 Å². The molecule has 100 valence electrons. The van der Waals surface area contributed by atoms with E-state index in [0.29, 0.717) is 17.6 Å². The zero-order valence-electron chi connectivity index (χ0n) is 10.8. The predicted molar refractivity (Wildman–Crippen MR) is 73.0 cm³/mol. The Hall–Kier alpha value is -2.36. The number of rotatable bonds is 6. The highest BCUT2D eigenvalue weighted by Gasteiger charge is 2.11. The molecule has 0 heterocycles. The molecule has 0 fully saturated rings. The van der Waals surface area contributed by atoms with Crippen molar-refractivity contribution in [2.45, 2.75) is 13.3 Å². The number of carboxylic acids is 1. The molecule has 0 saturated heterocycles. The summed E-state index contributed by atoms with van der Waals surface area (Å²) >= 11 is 0. The average molecular weight is 260 g/mol. The Bertz CT molecular complexity index is 529. The van der Waals surface area contributed by atoms with Crippen LogP contribution in [0.5, 0.6) is 0 Å². The topological polar surface area (TPSA) is 63.6 Å². The largest absolute Gasteiger partial charge is 0.478 e. The summed E-state index contributed by atoms with van der Waals surface area (Å²) in [5.74, 6) is -1.45. The van der Waals surface area contributed by atoms with Crippen molar-refractivity contribution in [3.8, 4) is 0 Å². The van der Waals surface area contributed by atoms with Gasteiger partial charge >= 0.3 is 11.9 Å². The van der Waals surface area contributed by atoms with Gasteiger partial charge in [-0.25, -0.2) is 9.59 Å². The van der Waals surface area contributed by atoms with E-state index >= 15 is 0 Å². The van der Waals surface area contributed by atoms with Gasteiger partial charge in [0.15, 0.2) is 0 Å². The summed E-state index contributed by atoms with van der Waals surface area (Å²) in [6.07, 6.45) is 1.93. The standard InChI is InChI=1S/C15H16O4/c1-4-12-11(6-5-7-13(12)14(16)17)8-9-19-15(18)10(2)3/h4-7H,1-2,8-9H2,3H3,(H,16,17). The number of aromatic carboxylic acids is 1. The summed E-state index contributed by atoms with van der Waals surface area (Å²) in [4.78, 5) is 22.3. The number of carbonyl (C=O) groups excluding carboxylic acids is 1. The van der Waals surface area contributed by atoms with Gasteiger partial charge in [-0.2, -0.15) is 0 Å². The molecule has 0 amide bonds. The Morgan fingerprint density at radius 2 is 2.11 bits per heavy atom. The molecule has 0 aliphatic rings. The van der Waals surface area contributed by atoms with E-state index in [4.69, 9.17) is 9.84 Å². The molecule has 0 radical (unpaired) electrons. The third kappa shape index (κ3) is 3.81. The van der Waals surface area contributed by atoms with Gasteiger partial charge < -0.3 is 9.84 Å². The van der Waals surface area contributed by atoms with Crippen molar-refractivity contribution < 1.29 is 19.4 Å². The molecule has 0 spiro atoms. The van der Waals surface area contributed by atoms with Gasteiger partial charge in [-0.05, 0) is 24.1 Å². The molecule has 1 aromatic carbocycles. The summed E-state index contributed by atoms with van der Waals surface area (Å²) in [6, 6.07) is 4.97. The molecular formula is C15H16O4. The predicted octanol–water partition coefficient (Wildman–Crippen LogP) is 2.69. The van der Waals surface area contributed by atoms with Gasteiger partial charge in [0.1, 0.15) is 0 Å². The summed E-state index contributed by atoms with van der Waals surface area (Å²) < 4.78 is 4.99. The normalized spacial score (nSPS) is 9.74. The van der Waals surface area contributed by atoms with Crippen molar-refractivity contribution >= 4 is 18.0 Å². The highest BCUT2D eigenvalue weighted by atomic mass is 16.5. The minimum Gasteiger partial charge on any atom is -0.478 e. The van der Waals surface area contributed by atoms with Crippen molar-refractivity contribution in [3.63, 3.8) is 0 Å². The average Bonchev–Trinajstić information content (AvgIpc) is 2.37. The van der Waals surface area contributed by atoms with E-state index in [1.165, 1.54) is 12.1 Å². The van der Waals surface area contributed by atoms with Crippen molar-refractivity contribution in [2.24, 2.45) is 0 Å². The summed E-state index contributed by atoms with van der Waals surface area (Å²) in [7, 11) is 0. The molecule has 4 heteroatoms. The first-order valence-electron chi connectivity index (χ1n) is 5.77. The van der Waals surface area contributed by atoms with Gasteiger partial charge in [0.05, 0.1) is 12.2 Å². The lowest BCUT2D eigenvalue weighted by Gasteiger charge is -2.09. The number of carbonyl (C=O) groups is 2. The summed E-state index contributed by atoms with van der Waals surface area (Å²) in [5.41, 5.74) is 1.87. The minimum atomic E-state index is -1.00. The lowest BCUT2D eigenvalue weighted by Crippen LogP contribution is -2.10. The Labute approximate surface area is 112 Å². The van der Waals surface area contributed by atoms with Crippen molar-refractivity contribution in [1.29, 1.82) is 0 Å². The van der Waals surface area contributed by atoms with E-state index in [0.717, 1.165) is 5.56 Å². The quantitative estimate of drug-likeness (QED) is 0.631. The third-order valence-corrected chi connectivity index (χ3v) is 2.58. The van der Waals surface area contributed by atoms with Crippen molar-refractivity contribution in [2.75, 3.05) is 6.61 Å². The van der Waals surface area contributed by atoms with Crippen LogP contribution in [0, 0.1) is 0 Å². The van der Waals surface area contributed by atoms with Crippen LogP contribution in [0.3, 0.4) is 0 Å². The van der Waals surface area contributed by atoms with Crippen molar-refractivity contribution in [1.82, 2.24) is 0 Å². The second-order valence-corrected chi connectivity index (χ2v) is 4.05. The molecule has 0 bridgehead atoms. The van der Waals surface area contributed by atoms with Crippen LogP contribution in [0.25, 0.3) is 6.08 Å². The highest BCUT2D eigenvalue weighted by molar-refractivity contribution is 5.92. The van der Waals surface area contributed by atoms with Crippen LogP contribution < -0.4 is 0 Å². The second kappa shape index (κ2) is 6.54. The van der Waals surface area contributed by atoms with Crippen LogP contribution >= 0.6 is 0 Å². The molecule has 0 aromatic heterocycles. The lowest BCUT2D eigenvalue weighted by molar-refractivity contribution is -0.138. The lowest BCUT2D eigenvalue weighted by atomic mass is 9.99. The molecule has 4 nitrogen and oxygen atoms in total. The monoisotopic (exact) mass is 260 g/mol. The Balaban J connectivity index is 2.81. The molecule has 1 aromatic rings. The van der Waals surface area contributed by atoms with E-state index in [2.05, 4.69) is 13.2 Å². The fourth-order valence-electron chi connectivity index (χ4n) is 1.64. The third-order valence-electron chi connectivity index (χ3n) is 2.58. The first-order chi connectivity index (χ1) is 8.97. The summed E-state index contributed by atoms with van der Waals surface area (Å²) in [6.45, 7) is 8.85. The number of ether oxygens (including phenoxy) is 1. The van der Waals surface area contributed by atoms with Crippen molar-refractivity contribution in [3.05, 3.63) is 53.6 Å². The smallest absolute Gasteiger partial charge is 0.336 e. The SMILES string of the molecule is C=Cc1c(CCOC(=O)C(=C)C)cccc1C(=O)O. The molecule has 19 heavy (non-hydrogen) atoms. The molecule has 0 saturated carbocycles. The first-order valence-corrected chi connectivity index (χ1v) is 5.77. The van der Waals surface area contributed by atoms with E-state index in [9.17, 15) is 9.59 Å². The maximum absolute atomic E-state index is 11.2. The maximum atomic E-state index is 11.2. The molecule has 1 rings (SSSR count). The fourth-order valence-corrected chi connectivity index (χ4v) is 1.64. The second-order valence-electron chi connectivity index (χ2n) is 4.05. The minimum absolute atomic E-state index is 0.176. The Morgan fingerprint density at radius 1 is 1.42 bits per heavy atom. The van der Waals surface area contributed by atoms with E-state index in [1.807, 2.05) is 0 Å². The Morgan fingerprint density at radius 3 is 2.63 bits per heavy atom. The number of carboxylic acid groups (broad SMARTS) is 1. The van der Waals surface area contributed by atoms with Gasteiger partial charge in [-0.1, -0.05) is 31.4 Å². The number of benzene rings is 1. The number of hydrogen-bond acceptors (Lipinski definition) is 3. The fraction of sp³-hybridized carbons (Fsp3) is 0.200. The number of esters is 1. The van der Waals surface area contributed by atoms with Crippen LogP contribution in [0.1, 0.15) is 28.4 Å². The van der Waals surface area contributed by atoms with Gasteiger partial charge in [0.2, 0.25) is 0 Å². The van der Waals surface area contributed by atoms with Crippen LogP contribution in [0.4, 0.5) is 0 Å². The summed E-state index contributed by atoms with van der Waals surface area (Å²) in [5, 5.41) is 9.06. The molecule has 0 unspecified atom stereocenters. The van der Waals surface area contributed by atoms with Gasteiger partial charge in [0, 0.05) is 12.0 Å².